The fraction of sp³-hybridized carbons (Fsp3) is 0.309. The smallest absolute Gasteiger partial charge is 0.338 e. The number of aliphatic hydroxyl groups is 1. The van der Waals surface area contributed by atoms with Crippen LogP contribution in [-0.2, 0) is 73.8 Å². The molecule has 0 bridgehead atoms. The van der Waals surface area contributed by atoms with Crippen LogP contribution in [-0.4, -0.2) is 98.8 Å². The lowest BCUT2D eigenvalue weighted by molar-refractivity contribution is -0.341. The molecule has 6 aromatic rings. The number of carbonyl (C=O) groups excluding carboxylic acids is 2. The molecule has 2 aliphatic rings. The minimum atomic E-state index is -1.53. The molecule has 0 unspecified atom stereocenters. The van der Waals surface area contributed by atoms with Crippen molar-refractivity contribution in [2.75, 3.05) is 20.3 Å². The SMILES string of the molecule is CO[C@H]1O[C@H](CO[C@@H]2O[C@H](COCc3ccccc3)[C@@H](O)[C@H](OC(=O)c3ccccc3)[C@H]2OC(=O)c2ccccc2)[C@@H](OCc2ccccc2)[C@H](OCc2ccccc2)[C@@H]1OCc1ccccc1. The molecule has 68 heavy (non-hydrogen) atoms. The van der Waals surface area contributed by atoms with Gasteiger partial charge in [-0.1, -0.05) is 158 Å². The number of ether oxygens (including phenoxy) is 10. The Labute approximate surface area is 396 Å². The third kappa shape index (κ3) is 13.1. The number of esters is 2. The molecule has 1 N–H and O–H groups in total. The topological polar surface area (TPSA) is 147 Å². The van der Waals surface area contributed by atoms with Gasteiger partial charge in [0.1, 0.15) is 36.6 Å². The van der Waals surface area contributed by atoms with Crippen LogP contribution in [0.4, 0.5) is 0 Å². The van der Waals surface area contributed by atoms with Crippen molar-refractivity contribution >= 4 is 11.9 Å². The Morgan fingerprint density at radius 3 is 1.29 bits per heavy atom. The van der Waals surface area contributed by atoms with E-state index in [1.165, 1.54) is 7.11 Å². The van der Waals surface area contributed by atoms with Crippen LogP contribution in [0.3, 0.4) is 0 Å². The lowest BCUT2D eigenvalue weighted by atomic mass is 9.97. The van der Waals surface area contributed by atoms with E-state index in [0.717, 1.165) is 22.3 Å². The average Bonchev–Trinajstić information content (AvgIpc) is 3.39. The van der Waals surface area contributed by atoms with Crippen molar-refractivity contribution in [2.45, 2.75) is 87.8 Å². The summed E-state index contributed by atoms with van der Waals surface area (Å²) in [4.78, 5) is 27.7. The molecule has 354 valence electrons. The molecule has 6 aromatic carbocycles. The summed E-state index contributed by atoms with van der Waals surface area (Å²) in [6, 6.07) is 55.4. The van der Waals surface area contributed by atoms with E-state index in [2.05, 4.69) is 0 Å². The maximum absolute atomic E-state index is 13.9. The molecular formula is C55H56O13. The van der Waals surface area contributed by atoms with Gasteiger partial charge in [-0.25, -0.2) is 9.59 Å². The maximum atomic E-state index is 13.9. The largest absolute Gasteiger partial charge is 0.452 e. The van der Waals surface area contributed by atoms with Gasteiger partial charge in [0.25, 0.3) is 0 Å². The van der Waals surface area contributed by atoms with Gasteiger partial charge in [0.2, 0.25) is 0 Å². The van der Waals surface area contributed by atoms with Crippen LogP contribution in [0.25, 0.3) is 0 Å². The molecule has 0 aliphatic carbocycles. The van der Waals surface area contributed by atoms with Crippen LogP contribution in [0.2, 0.25) is 0 Å². The van der Waals surface area contributed by atoms with E-state index in [4.69, 9.17) is 47.4 Å². The molecule has 2 heterocycles. The Kier molecular flexibility index (Phi) is 17.6. The summed E-state index contributed by atoms with van der Waals surface area (Å²) >= 11 is 0. The van der Waals surface area contributed by atoms with Crippen molar-refractivity contribution in [3.8, 4) is 0 Å². The van der Waals surface area contributed by atoms with Gasteiger partial charge < -0.3 is 52.5 Å². The van der Waals surface area contributed by atoms with Gasteiger partial charge in [0.15, 0.2) is 24.8 Å². The quantitative estimate of drug-likeness (QED) is 0.0699. The van der Waals surface area contributed by atoms with E-state index in [1.807, 2.05) is 121 Å². The Hall–Kier alpha value is -6.10. The maximum Gasteiger partial charge on any atom is 0.338 e. The molecule has 2 saturated heterocycles. The van der Waals surface area contributed by atoms with Gasteiger partial charge in [0.05, 0.1) is 50.8 Å². The predicted molar refractivity (Wildman–Crippen MR) is 249 cm³/mol. The summed E-state index contributed by atoms with van der Waals surface area (Å²) in [5.74, 6) is -1.52. The zero-order valence-corrected chi connectivity index (χ0v) is 37.7. The van der Waals surface area contributed by atoms with E-state index in [9.17, 15) is 14.7 Å². The van der Waals surface area contributed by atoms with Crippen molar-refractivity contribution in [2.24, 2.45) is 0 Å². The number of rotatable bonds is 21. The zero-order chi connectivity index (χ0) is 46.9. The Bertz CT molecular complexity index is 2400. The van der Waals surface area contributed by atoms with Gasteiger partial charge in [0, 0.05) is 7.11 Å². The average molecular weight is 925 g/mol. The number of benzene rings is 6. The highest BCUT2D eigenvalue weighted by Crippen LogP contribution is 2.34. The normalized spacial score (nSPS) is 24.7. The van der Waals surface area contributed by atoms with E-state index >= 15 is 0 Å². The lowest BCUT2D eigenvalue weighted by Crippen LogP contribution is -2.64. The second kappa shape index (κ2) is 24.8. The Balaban J connectivity index is 1.11. The fourth-order valence-corrected chi connectivity index (χ4v) is 8.08. The number of methoxy groups -OCH3 is 1. The highest BCUT2D eigenvalue weighted by molar-refractivity contribution is 5.90. The second-order valence-corrected chi connectivity index (χ2v) is 16.4. The summed E-state index contributed by atoms with van der Waals surface area (Å²) < 4.78 is 64.4. The van der Waals surface area contributed by atoms with Crippen LogP contribution >= 0.6 is 0 Å². The minimum Gasteiger partial charge on any atom is -0.452 e. The van der Waals surface area contributed by atoms with E-state index in [0.29, 0.717) is 0 Å². The van der Waals surface area contributed by atoms with Gasteiger partial charge in [-0.15, -0.1) is 0 Å². The molecule has 13 nitrogen and oxygen atoms in total. The summed E-state index contributed by atoms with van der Waals surface area (Å²) in [7, 11) is 1.53. The standard InChI is InChI=1S/C55H56O13/c1-59-54-50(63-35-41-26-14-5-15-27-41)49(62-34-40-24-12-4-13-25-40)47(61-33-39-22-10-3-11-23-39)45(66-54)37-64-55-51(68-53(58)43-30-18-7-19-31-43)48(67-52(57)42-28-16-6-17-29-42)46(56)44(65-55)36-60-32-38-20-8-2-9-21-38/h2-31,44-51,54-56H,32-37H2,1H3/t44-,45-,46-,47-,48+,49+,50+,51-,54+,55-/m1/s1. The molecular weight excluding hydrogens is 869 g/mol. The fourth-order valence-electron chi connectivity index (χ4n) is 8.08. The van der Waals surface area contributed by atoms with Gasteiger partial charge in [-0.3, -0.25) is 0 Å². The molecule has 0 spiro atoms. The highest BCUT2D eigenvalue weighted by atomic mass is 16.8. The monoisotopic (exact) mass is 924 g/mol. The first kappa shape index (κ1) is 48.4. The van der Waals surface area contributed by atoms with Crippen LogP contribution in [0.1, 0.15) is 43.0 Å². The zero-order valence-electron chi connectivity index (χ0n) is 37.7. The molecule has 0 aromatic heterocycles. The lowest BCUT2D eigenvalue weighted by Gasteiger charge is -2.47. The Morgan fingerprint density at radius 1 is 0.426 bits per heavy atom. The molecule has 13 heteroatoms. The third-order valence-electron chi connectivity index (χ3n) is 11.6. The molecule has 0 radical (unpaired) electrons. The van der Waals surface area contributed by atoms with Gasteiger partial charge >= 0.3 is 11.9 Å². The third-order valence-corrected chi connectivity index (χ3v) is 11.6. The van der Waals surface area contributed by atoms with Crippen LogP contribution in [0.5, 0.6) is 0 Å². The van der Waals surface area contributed by atoms with Crippen molar-refractivity contribution < 1.29 is 62.1 Å². The predicted octanol–water partition coefficient (Wildman–Crippen LogP) is 7.88. The molecule has 2 fully saturated rings. The van der Waals surface area contributed by atoms with Gasteiger partial charge in [-0.2, -0.15) is 0 Å². The van der Waals surface area contributed by atoms with Crippen LogP contribution in [0, 0.1) is 0 Å². The molecule has 0 amide bonds. The number of hydrogen-bond acceptors (Lipinski definition) is 13. The highest BCUT2D eigenvalue weighted by Gasteiger charge is 2.53. The number of carbonyl (C=O) groups is 2. The van der Waals surface area contributed by atoms with E-state index < -0.39 is 73.4 Å². The molecule has 10 atom stereocenters. The first-order valence-corrected chi connectivity index (χ1v) is 22.7. The van der Waals surface area contributed by atoms with E-state index in [-0.39, 0.29) is 50.8 Å². The Morgan fingerprint density at radius 2 is 0.824 bits per heavy atom. The molecule has 8 rings (SSSR count). The van der Waals surface area contributed by atoms with Crippen molar-refractivity contribution in [3.05, 3.63) is 215 Å². The van der Waals surface area contributed by atoms with E-state index in [1.54, 1.807) is 60.7 Å². The number of hydrogen-bond donors (Lipinski definition) is 1. The first-order valence-electron chi connectivity index (χ1n) is 22.7. The summed E-state index contributed by atoms with van der Waals surface area (Å²) in [5.41, 5.74) is 4.11. The van der Waals surface area contributed by atoms with Crippen LogP contribution in [0.15, 0.2) is 182 Å². The van der Waals surface area contributed by atoms with Crippen molar-refractivity contribution in [1.29, 1.82) is 0 Å². The summed E-state index contributed by atoms with van der Waals surface area (Å²) in [6.45, 7) is 0.446. The van der Waals surface area contributed by atoms with Crippen molar-refractivity contribution in [1.82, 2.24) is 0 Å². The molecule has 2 aliphatic heterocycles. The summed E-state index contributed by atoms with van der Waals surface area (Å²) in [5, 5.41) is 12.0. The van der Waals surface area contributed by atoms with Gasteiger partial charge in [-0.05, 0) is 46.5 Å². The number of aliphatic hydroxyl groups excluding tert-OH is 1. The summed E-state index contributed by atoms with van der Waals surface area (Å²) in [6.07, 6.45) is -11.4. The minimum absolute atomic E-state index is 0.140. The first-order chi connectivity index (χ1) is 33.4. The molecule has 0 saturated carbocycles. The van der Waals surface area contributed by atoms with Crippen LogP contribution < -0.4 is 0 Å². The second-order valence-electron chi connectivity index (χ2n) is 16.4. The van der Waals surface area contributed by atoms with Crippen molar-refractivity contribution in [3.63, 3.8) is 0 Å².